The van der Waals surface area contributed by atoms with Crippen LogP contribution in [0.2, 0.25) is 0 Å². The van der Waals surface area contributed by atoms with Gasteiger partial charge in [0.1, 0.15) is 0 Å². The fourth-order valence-electron chi connectivity index (χ4n) is 0.891. The molecule has 1 rings (SSSR count). The second kappa shape index (κ2) is 5.37. The van der Waals surface area contributed by atoms with Crippen molar-refractivity contribution in [3.05, 3.63) is 34.3 Å². The largest absolute Gasteiger partial charge is 0.356 e. The normalized spacial score (nSPS) is 12.8. The zero-order valence-corrected chi connectivity index (χ0v) is 9.37. The van der Waals surface area contributed by atoms with Gasteiger partial charge in [-0.05, 0) is 18.6 Å². The maximum absolute atomic E-state index is 5.41. The number of rotatable bonds is 4. The lowest BCUT2D eigenvalue weighted by molar-refractivity contribution is -0.118. The van der Waals surface area contributed by atoms with E-state index >= 15 is 0 Å². The van der Waals surface area contributed by atoms with E-state index in [4.69, 9.17) is 9.47 Å². The molecular weight excluding hydrogens is 232 g/mol. The van der Waals surface area contributed by atoms with E-state index in [1.165, 1.54) is 0 Å². The molecule has 0 aliphatic heterocycles. The Kier molecular flexibility index (Phi) is 4.42. The molecule has 72 valence electrons. The highest BCUT2D eigenvalue weighted by atomic mass is 79.9. The SMILES string of the molecule is COC(C)OCc1ccccc1Br. The predicted molar refractivity (Wildman–Crippen MR) is 55.4 cm³/mol. The monoisotopic (exact) mass is 244 g/mol. The van der Waals surface area contributed by atoms with Gasteiger partial charge in [0.15, 0.2) is 6.29 Å². The Morgan fingerprint density at radius 1 is 1.38 bits per heavy atom. The van der Waals surface area contributed by atoms with E-state index in [-0.39, 0.29) is 6.29 Å². The minimum atomic E-state index is -0.160. The van der Waals surface area contributed by atoms with Crippen molar-refractivity contribution in [1.82, 2.24) is 0 Å². The van der Waals surface area contributed by atoms with E-state index in [0.717, 1.165) is 10.0 Å². The number of ether oxygens (including phenoxy) is 2. The summed E-state index contributed by atoms with van der Waals surface area (Å²) in [5.41, 5.74) is 1.13. The summed E-state index contributed by atoms with van der Waals surface area (Å²) in [4.78, 5) is 0. The van der Waals surface area contributed by atoms with Crippen LogP contribution in [0.15, 0.2) is 28.7 Å². The third-order valence-electron chi connectivity index (χ3n) is 1.76. The van der Waals surface area contributed by atoms with Gasteiger partial charge >= 0.3 is 0 Å². The summed E-state index contributed by atoms with van der Waals surface area (Å²) in [5.74, 6) is 0. The summed E-state index contributed by atoms with van der Waals surface area (Å²) in [6.07, 6.45) is -0.160. The van der Waals surface area contributed by atoms with E-state index in [9.17, 15) is 0 Å². The number of benzene rings is 1. The summed E-state index contributed by atoms with van der Waals surface area (Å²) in [7, 11) is 1.63. The van der Waals surface area contributed by atoms with Crippen molar-refractivity contribution in [3.63, 3.8) is 0 Å². The molecule has 0 spiro atoms. The summed E-state index contributed by atoms with van der Waals surface area (Å²) in [5, 5.41) is 0. The van der Waals surface area contributed by atoms with E-state index in [1.807, 2.05) is 31.2 Å². The van der Waals surface area contributed by atoms with Gasteiger partial charge in [-0.2, -0.15) is 0 Å². The van der Waals surface area contributed by atoms with E-state index in [0.29, 0.717) is 6.61 Å². The zero-order valence-electron chi connectivity index (χ0n) is 7.79. The van der Waals surface area contributed by atoms with Crippen LogP contribution in [-0.2, 0) is 16.1 Å². The number of halogens is 1. The van der Waals surface area contributed by atoms with Crippen LogP contribution in [0.5, 0.6) is 0 Å². The summed E-state index contributed by atoms with van der Waals surface area (Å²) >= 11 is 3.45. The van der Waals surface area contributed by atoms with Gasteiger partial charge in [-0.1, -0.05) is 34.1 Å². The van der Waals surface area contributed by atoms with Crippen molar-refractivity contribution in [3.8, 4) is 0 Å². The first-order chi connectivity index (χ1) is 6.24. The second-order valence-electron chi connectivity index (χ2n) is 2.71. The maximum Gasteiger partial charge on any atom is 0.154 e. The Labute approximate surface area is 87.0 Å². The molecule has 1 aromatic rings. The third kappa shape index (κ3) is 3.46. The van der Waals surface area contributed by atoms with Crippen molar-refractivity contribution in [1.29, 1.82) is 0 Å². The van der Waals surface area contributed by atoms with Crippen LogP contribution in [-0.4, -0.2) is 13.4 Å². The second-order valence-corrected chi connectivity index (χ2v) is 3.56. The molecule has 2 nitrogen and oxygen atoms in total. The van der Waals surface area contributed by atoms with E-state index < -0.39 is 0 Å². The minimum absolute atomic E-state index is 0.160. The van der Waals surface area contributed by atoms with Crippen LogP contribution in [0, 0.1) is 0 Å². The Hall–Kier alpha value is -0.380. The predicted octanol–water partition coefficient (Wildman–Crippen LogP) is 2.96. The molecule has 13 heavy (non-hydrogen) atoms. The average Bonchev–Trinajstić information content (AvgIpc) is 2.16. The summed E-state index contributed by atoms with van der Waals surface area (Å²) in [6, 6.07) is 7.98. The van der Waals surface area contributed by atoms with Gasteiger partial charge in [-0.25, -0.2) is 0 Å². The minimum Gasteiger partial charge on any atom is -0.356 e. The lowest BCUT2D eigenvalue weighted by atomic mass is 10.2. The van der Waals surface area contributed by atoms with Crippen molar-refractivity contribution < 1.29 is 9.47 Å². The van der Waals surface area contributed by atoms with Crippen molar-refractivity contribution in [2.45, 2.75) is 19.8 Å². The molecule has 1 atom stereocenters. The van der Waals surface area contributed by atoms with Gasteiger partial charge in [-0.3, -0.25) is 0 Å². The summed E-state index contributed by atoms with van der Waals surface area (Å²) in [6.45, 7) is 2.44. The molecule has 1 aromatic carbocycles. The molecule has 0 saturated carbocycles. The topological polar surface area (TPSA) is 18.5 Å². The molecule has 1 unspecified atom stereocenters. The molecule has 0 heterocycles. The van der Waals surface area contributed by atoms with Crippen molar-refractivity contribution in [2.24, 2.45) is 0 Å². The van der Waals surface area contributed by atoms with Crippen molar-refractivity contribution in [2.75, 3.05) is 7.11 Å². The van der Waals surface area contributed by atoms with Gasteiger partial charge in [0.2, 0.25) is 0 Å². The average molecular weight is 245 g/mol. The molecule has 0 bridgehead atoms. The molecule has 0 amide bonds. The first-order valence-electron chi connectivity index (χ1n) is 4.12. The van der Waals surface area contributed by atoms with Crippen LogP contribution in [0.25, 0.3) is 0 Å². The molecule has 0 aliphatic carbocycles. The number of hydrogen-bond acceptors (Lipinski definition) is 2. The maximum atomic E-state index is 5.41. The Morgan fingerprint density at radius 3 is 2.69 bits per heavy atom. The third-order valence-corrected chi connectivity index (χ3v) is 2.54. The quantitative estimate of drug-likeness (QED) is 0.759. The Balaban J connectivity index is 2.50. The highest BCUT2D eigenvalue weighted by Crippen LogP contribution is 2.17. The lowest BCUT2D eigenvalue weighted by Crippen LogP contribution is -2.09. The van der Waals surface area contributed by atoms with Crippen LogP contribution in [0.4, 0.5) is 0 Å². The van der Waals surface area contributed by atoms with Gasteiger partial charge in [0, 0.05) is 11.6 Å². The van der Waals surface area contributed by atoms with Crippen LogP contribution >= 0.6 is 15.9 Å². The molecule has 0 N–H and O–H groups in total. The molecule has 0 saturated heterocycles. The Morgan fingerprint density at radius 2 is 2.08 bits per heavy atom. The van der Waals surface area contributed by atoms with Crippen LogP contribution < -0.4 is 0 Å². The molecule has 0 radical (unpaired) electrons. The number of hydrogen-bond donors (Lipinski definition) is 0. The molecule has 0 aromatic heterocycles. The zero-order chi connectivity index (χ0) is 9.68. The highest BCUT2D eigenvalue weighted by Gasteiger charge is 2.01. The standard InChI is InChI=1S/C10H13BrO2/c1-8(12-2)13-7-9-5-3-4-6-10(9)11/h3-6,8H,7H2,1-2H3. The van der Waals surface area contributed by atoms with Crippen molar-refractivity contribution >= 4 is 15.9 Å². The first-order valence-corrected chi connectivity index (χ1v) is 4.91. The van der Waals surface area contributed by atoms with Gasteiger partial charge in [0.05, 0.1) is 6.61 Å². The molecular formula is C10H13BrO2. The van der Waals surface area contributed by atoms with Crippen LogP contribution in [0.1, 0.15) is 12.5 Å². The smallest absolute Gasteiger partial charge is 0.154 e. The number of methoxy groups -OCH3 is 1. The first kappa shape index (κ1) is 10.7. The van der Waals surface area contributed by atoms with E-state index in [1.54, 1.807) is 7.11 Å². The lowest BCUT2D eigenvalue weighted by Gasteiger charge is -2.11. The van der Waals surface area contributed by atoms with E-state index in [2.05, 4.69) is 15.9 Å². The molecule has 0 aliphatic rings. The van der Waals surface area contributed by atoms with Gasteiger partial charge in [-0.15, -0.1) is 0 Å². The fraction of sp³-hybridized carbons (Fsp3) is 0.400. The van der Waals surface area contributed by atoms with Gasteiger partial charge < -0.3 is 9.47 Å². The van der Waals surface area contributed by atoms with Gasteiger partial charge in [0.25, 0.3) is 0 Å². The Bertz CT molecular complexity index is 263. The summed E-state index contributed by atoms with van der Waals surface area (Å²) < 4.78 is 11.4. The molecule has 3 heteroatoms. The molecule has 0 fully saturated rings. The highest BCUT2D eigenvalue weighted by molar-refractivity contribution is 9.10. The fourth-order valence-corrected chi connectivity index (χ4v) is 1.29. The van der Waals surface area contributed by atoms with Crippen LogP contribution in [0.3, 0.4) is 0 Å².